The van der Waals surface area contributed by atoms with Crippen LogP contribution in [0.25, 0.3) is 0 Å². The van der Waals surface area contributed by atoms with E-state index in [-0.39, 0.29) is 12.5 Å². The molecule has 1 aliphatic carbocycles. The van der Waals surface area contributed by atoms with Gasteiger partial charge in [-0.25, -0.2) is 0 Å². The van der Waals surface area contributed by atoms with Crippen molar-refractivity contribution in [3.63, 3.8) is 0 Å². The van der Waals surface area contributed by atoms with Gasteiger partial charge in [-0.3, -0.25) is 9.78 Å². The summed E-state index contributed by atoms with van der Waals surface area (Å²) in [4.78, 5) is 18.4. The van der Waals surface area contributed by atoms with Gasteiger partial charge < -0.3 is 10.0 Å². The van der Waals surface area contributed by atoms with Crippen molar-refractivity contribution in [3.8, 4) is 0 Å². The van der Waals surface area contributed by atoms with Crippen LogP contribution >= 0.6 is 0 Å². The summed E-state index contributed by atoms with van der Waals surface area (Å²) in [6.07, 6.45) is 9.61. The number of hydrogen-bond acceptors (Lipinski definition) is 3. The molecule has 4 heteroatoms. The molecule has 0 bridgehead atoms. The molecule has 1 N–H and O–H groups in total. The number of carbonyl (C=O) groups is 1. The second-order valence-electron chi connectivity index (χ2n) is 7.79. The van der Waals surface area contributed by atoms with Crippen LogP contribution in [-0.4, -0.2) is 34.0 Å². The van der Waals surface area contributed by atoms with Crippen molar-refractivity contribution < 1.29 is 9.90 Å². The maximum absolute atomic E-state index is 12.6. The smallest absolute Gasteiger partial charge is 0.246 e. The Bertz CT molecular complexity index is 551. The summed E-state index contributed by atoms with van der Waals surface area (Å²) in [5, 5.41) is 9.26. The van der Waals surface area contributed by atoms with Crippen molar-refractivity contribution in [3.05, 3.63) is 41.7 Å². The first-order valence-electron chi connectivity index (χ1n) is 8.88. The summed E-state index contributed by atoms with van der Waals surface area (Å²) in [5.74, 6) is 0.728. The zero-order chi connectivity index (χ0) is 17.6. The first-order valence-corrected chi connectivity index (χ1v) is 8.88. The fourth-order valence-corrected chi connectivity index (χ4v) is 3.36. The number of nitrogens with zero attached hydrogens (tertiary/aromatic N) is 2. The number of amides is 1. The molecule has 0 radical (unpaired) electrons. The van der Waals surface area contributed by atoms with E-state index in [4.69, 9.17) is 0 Å². The molecule has 1 aromatic rings. The third kappa shape index (κ3) is 5.45. The van der Waals surface area contributed by atoms with E-state index in [1.54, 1.807) is 23.4 Å². The maximum Gasteiger partial charge on any atom is 0.246 e. The van der Waals surface area contributed by atoms with Gasteiger partial charge in [0.25, 0.3) is 0 Å². The average molecular weight is 330 g/mol. The van der Waals surface area contributed by atoms with E-state index < -0.39 is 0 Å². The van der Waals surface area contributed by atoms with E-state index in [1.807, 2.05) is 12.1 Å². The molecular weight excluding hydrogens is 300 g/mol. The summed E-state index contributed by atoms with van der Waals surface area (Å²) in [5.41, 5.74) is 2.57. The van der Waals surface area contributed by atoms with Crippen LogP contribution in [0, 0.1) is 11.3 Å². The Balaban J connectivity index is 1.98. The molecule has 1 saturated carbocycles. The average Bonchev–Trinajstić information content (AvgIpc) is 2.55. The Kier molecular flexibility index (Phi) is 6.55. The summed E-state index contributed by atoms with van der Waals surface area (Å²) >= 11 is 0. The summed E-state index contributed by atoms with van der Waals surface area (Å²) < 4.78 is 0. The van der Waals surface area contributed by atoms with Gasteiger partial charge in [0.1, 0.15) is 0 Å². The lowest BCUT2D eigenvalue weighted by atomic mass is 9.71. The van der Waals surface area contributed by atoms with E-state index in [0.29, 0.717) is 18.5 Å². The van der Waals surface area contributed by atoms with Crippen molar-refractivity contribution in [2.75, 3.05) is 13.2 Å². The number of hydrogen-bond donors (Lipinski definition) is 1. The molecule has 1 fully saturated rings. The van der Waals surface area contributed by atoms with Crippen molar-refractivity contribution in [1.29, 1.82) is 0 Å². The van der Waals surface area contributed by atoms with Crippen LogP contribution in [0.1, 0.15) is 52.0 Å². The van der Waals surface area contributed by atoms with Gasteiger partial charge >= 0.3 is 0 Å². The second kappa shape index (κ2) is 8.43. The largest absolute Gasteiger partial charge is 0.395 e. The van der Waals surface area contributed by atoms with E-state index >= 15 is 0 Å². The second-order valence-corrected chi connectivity index (χ2v) is 7.79. The zero-order valence-corrected chi connectivity index (χ0v) is 15.2. The standard InChI is InChI=1S/C20H30N2O2/c1-20(2,3)18-8-6-16(7-9-18)13-19(24)22(11-12-23)15-17-5-4-10-21-14-17/h4-5,10,13-14,18,23H,6-9,11-12,15H2,1-3H3. The third-order valence-electron chi connectivity index (χ3n) is 4.96. The molecule has 1 aliphatic rings. The molecule has 132 valence electrons. The molecular formula is C20H30N2O2. The fraction of sp³-hybridized carbons (Fsp3) is 0.600. The molecule has 1 amide bonds. The zero-order valence-electron chi connectivity index (χ0n) is 15.2. The van der Waals surface area contributed by atoms with Crippen LogP contribution in [-0.2, 0) is 11.3 Å². The monoisotopic (exact) mass is 330 g/mol. The van der Waals surface area contributed by atoms with Gasteiger partial charge in [0.15, 0.2) is 0 Å². The van der Waals surface area contributed by atoms with Crippen LogP contribution in [0.5, 0.6) is 0 Å². The fourth-order valence-electron chi connectivity index (χ4n) is 3.36. The minimum absolute atomic E-state index is 0.00267. The Morgan fingerprint density at radius 2 is 2.08 bits per heavy atom. The van der Waals surface area contributed by atoms with E-state index in [2.05, 4.69) is 25.8 Å². The van der Waals surface area contributed by atoms with Crippen molar-refractivity contribution in [2.24, 2.45) is 11.3 Å². The minimum atomic E-state index is -0.0265. The van der Waals surface area contributed by atoms with Crippen LogP contribution in [0.4, 0.5) is 0 Å². The highest BCUT2D eigenvalue weighted by Gasteiger charge is 2.27. The highest BCUT2D eigenvalue weighted by atomic mass is 16.3. The number of allylic oxidation sites excluding steroid dienone is 1. The van der Waals surface area contributed by atoms with Gasteiger partial charge in [-0.15, -0.1) is 0 Å². The van der Waals surface area contributed by atoms with Crippen LogP contribution < -0.4 is 0 Å². The van der Waals surface area contributed by atoms with Gasteiger partial charge in [0.2, 0.25) is 5.91 Å². The van der Waals surface area contributed by atoms with Gasteiger partial charge in [-0.05, 0) is 48.6 Å². The van der Waals surface area contributed by atoms with Gasteiger partial charge in [0, 0.05) is 31.6 Å². The normalized spacial score (nSPS) is 18.3. The maximum atomic E-state index is 12.6. The van der Waals surface area contributed by atoms with Crippen molar-refractivity contribution >= 4 is 5.91 Å². The summed E-state index contributed by atoms with van der Waals surface area (Å²) in [6.45, 7) is 7.71. The lowest BCUT2D eigenvalue weighted by molar-refractivity contribution is -0.127. The highest BCUT2D eigenvalue weighted by Crippen LogP contribution is 2.39. The Morgan fingerprint density at radius 3 is 2.62 bits per heavy atom. The SMILES string of the molecule is CC(C)(C)C1CCC(=CC(=O)N(CCO)Cc2cccnc2)CC1. The number of rotatable bonds is 5. The van der Waals surface area contributed by atoms with E-state index in [1.165, 1.54) is 5.57 Å². The van der Waals surface area contributed by atoms with Crippen LogP contribution in [0.3, 0.4) is 0 Å². The third-order valence-corrected chi connectivity index (χ3v) is 4.96. The topological polar surface area (TPSA) is 53.4 Å². The molecule has 1 heterocycles. The molecule has 0 atom stereocenters. The predicted molar refractivity (Wildman–Crippen MR) is 96.2 cm³/mol. The van der Waals surface area contributed by atoms with E-state index in [9.17, 15) is 9.90 Å². The molecule has 1 aromatic heterocycles. The Morgan fingerprint density at radius 1 is 1.38 bits per heavy atom. The van der Waals surface area contributed by atoms with Crippen molar-refractivity contribution in [2.45, 2.75) is 53.0 Å². The molecule has 2 rings (SSSR count). The van der Waals surface area contributed by atoms with Gasteiger partial charge in [0.05, 0.1) is 6.61 Å². The van der Waals surface area contributed by atoms with Gasteiger partial charge in [-0.1, -0.05) is 32.4 Å². The lowest BCUT2D eigenvalue weighted by Crippen LogP contribution is -2.32. The van der Waals surface area contributed by atoms with Crippen molar-refractivity contribution in [1.82, 2.24) is 9.88 Å². The molecule has 0 aliphatic heterocycles. The first kappa shape index (κ1) is 18.7. The number of aliphatic hydroxyl groups excluding tert-OH is 1. The first-order chi connectivity index (χ1) is 11.4. The lowest BCUT2D eigenvalue weighted by Gasteiger charge is -2.34. The summed E-state index contributed by atoms with van der Waals surface area (Å²) in [7, 11) is 0. The number of carbonyl (C=O) groups excluding carboxylic acids is 1. The molecule has 4 nitrogen and oxygen atoms in total. The van der Waals surface area contributed by atoms with E-state index in [0.717, 1.165) is 37.2 Å². The molecule has 0 unspecified atom stereocenters. The van der Waals surface area contributed by atoms with Gasteiger partial charge in [-0.2, -0.15) is 0 Å². The predicted octanol–water partition coefficient (Wildman–Crippen LogP) is 3.57. The van der Waals surface area contributed by atoms with Crippen LogP contribution in [0.2, 0.25) is 0 Å². The number of pyridine rings is 1. The quantitative estimate of drug-likeness (QED) is 0.840. The number of aliphatic hydroxyl groups is 1. The Labute approximate surface area is 145 Å². The highest BCUT2D eigenvalue weighted by molar-refractivity contribution is 5.88. The molecule has 0 spiro atoms. The van der Waals surface area contributed by atoms with Crippen LogP contribution in [0.15, 0.2) is 36.2 Å². The number of aromatic nitrogens is 1. The minimum Gasteiger partial charge on any atom is -0.395 e. The molecule has 24 heavy (non-hydrogen) atoms. The summed E-state index contributed by atoms with van der Waals surface area (Å²) in [6, 6.07) is 3.81. The molecule has 0 saturated heterocycles. The molecule has 0 aromatic carbocycles. The Hall–Kier alpha value is -1.68.